The Kier molecular flexibility index (Phi) is 5.11. The van der Waals surface area contributed by atoms with Gasteiger partial charge in [0.05, 0.1) is 17.2 Å². The lowest BCUT2D eigenvalue weighted by molar-refractivity contribution is 0.414. The topological polar surface area (TPSA) is 52.3 Å². The van der Waals surface area contributed by atoms with Gasteiger partial charge in [-0.3, -0.25) is 0 Å². The number of aromatic nitrogens is 4. The lowest BCUT2D eigenvalue weighted by Gasteiger charge is -2.01. The number of benzene rings is 2. The SMILES string of the molecule is COc1ccc(Cc2nnc3sc(/C=C/c4ccc(Cl)c(Cl)c4)nn23)cc1. The Hall–Kier alpha value is -2.41. The Morgan fingerprint density at radius 1 is 1.04 bits per heavy atom. The van der Waals surface area contributed by atoms with Crippen LogP contribution in [0.1, 0.15) is 22.0 Å². The highest BCUT2D eigenvalue weighted by Crippen LogP contribution is 2.24. The fourth-order valence-electron chi connectivity index (χ4n) is 2.56. The number of rotatable bonds is 5. The van der Waals surface area contributed by atoms with E-state index in [9.17, 15) is 0 Å². The number of hydrogen-bond donors (Lipinski definition) is 0. The molecule has 27 heavy (non-hydrogen) atoms. The highest BCUT2D eigenvalue weighted by atomic mass is 35.5. The van der Waals surface area contributed by atoms with Crippen LogP contribution in [0.5, 0.6) is 5.75 Å². The zero-order valence-electron chi connectivity index (χ0n) is 14.3. The lowest BCUT2D eigenvalue weighted by Crippen LogP contribution is -1.97. The van der Waals surface area contributed by atoms with Gasteiger partial charge >= 0.3 is 0 Å². The van der Waals surface area contributed by atoms with E-state index in [4.69, 9.17) is 27.9 Å². The largest absolute Gasteiger partial charge is 0.497 e. The molecule has 0 spiro atoms. The molecule has 0 amide bonds. The third kappa shape index (κ3) is 3.98. The minimum Gasteiger partial charge on any atom is -0.497 e. The molecule has 0 N–H and O–H groups in total. The summed E-state index contributed by atoms with van der Waals surface area (Å²) >= 11 is 13.5. The summed E-state index contributed by atoms with van der Waals surface area (Å²) in [6, 6.07) is 13.4. The highest BCUT2D eigenvalue weighted by Gasteiger charge is 2.11. The highest BCUT2D eigenvalue weighted by molar-refractivity contribution is 7.17. The monoisotopic (exact) mass is 416 g/mol. The van der Waals surface area contributed by atoms with Gasteiger partial charge in [0.15, 0.2) is 5.82 Å². The molecule has 4 rings (SSSR count). The van der Waals surface area contributed by atoms with Gasteiger partial charge in [0, 0.05) is 6.42 Å². The molecule has 0 radical (unpaired) electrons. The van der Waals surface area contributed by atoms with E-state index in [1.54, 1.807) is 17.7 Å². The van der Waals surface area contributed by atoms with Crippen molar-refractivity contribution in [2.75, 3.05) is 7.11 Å². The normalized spacial score (nSPS) is 11.5. The van der Waals surface area contributed by atoms with E-state index in [-0.39, 0.29) is 0 Å². The average molecular weight is 417 g/mol. The van der Waals surface area contributed by atoms with E-state index in [0.717, 1.165) is 32.7 Å². The van der Waals surface area contributed by atoms with Crippen LogP contribution >= 0.6 is 34.5 Å². The molecule has 0 fully saturated rings. The van der Waals surface area contributed by atoms with Crippen LogP contribution in [0, 0.1) is 0 Å². The Morgan fingerprint density at radius 3 is 2.59 bits per heavy atom. The third-order valence-corrected chi connectivity index (χ3v) is 5.56. The van der Waals surface area contributed by atoms with Gasteiger partial charge in [-0.1, -0.05) is 58.8 Å². The fraction of sp³-hybridized carbons (Fsp3) is 0.105. The predicted molar refractivity (Wildman–Crippen MR) is 110 cm³/mol. The summed E-state index contributed by atoms with van der Waals surface area (Å²) in [5, 5.41) is 15.0. The number of nitrogens with zero attached hydrogens (tertiary/aromatic N) is 4. The second-order valence-corrected chi connectivity index (χ2v) is 7.58. The maximum atomic E-state index is 6.05. The van der Waals surface area contributed by atoms with Crippen molar-refractivity contribution in [2.24, 2.45) is 0 Å². The van der Waals surface area contributed by atoms with Crippen LogP contribution in [0.2, 0.25) is 10.0 Å². The first kappa shape index (κ1) is 18.0. The van der Waals surface area contributed by atoms with Crippen molar-refractivity contribution in [1.29, 1.82) is 0 Å². The van der Waals surface area contributed by atoms with Crippen LogP contribution in [0.25, 0.3) is 17.1 Å². The van der Waals surface area contributed by atoms with Crippen LogP contribution in [0.15, 0.2) is 42.5 Å². The van der Waals surface area contributed by atoms with Gasteiger partial charge in [0.2, 0.25) is 4.96 Å². The van der Waals surface area contributed by atoms with Crippen LogP contribution in [-0.2, 0) is 6.42 Å². The number of ether oxygens (including phenoxy) is 1. The zero-order valence-corrected chi connectivity index (χ0v) is 16.6. The first-order valence-electron chi connectivity index (χ1n) is 8.09. The molecular formula is C19H14Cl2N4OS. The van der Waals surface area contributed by atoms with Crippen LogP contribution in [0.3, 0.4) is 0 Å². The molecule has 0 saturated carbocycles. The molecule has 5 nitrogen and oxygen atoms in total. The molecule has 0 atom stereocenters. The number of fused-ring (bicyclic) bond motifs is 1. The molecule has 4 aromatic rings. The van der Waals surface area contributed by atoms with Gasteiger partial charge in [-0.2, -0.15) is 9.61 Å². The Morgan fingerprint density at radius 2 is 1.85 bits per heavy atom. The summed E-state index contributed by atoms with van der Waals surface area (Å²) in [6.07, 6.45) is 4.51. The van der Waals surface area contributed by atoms with Crippen molar-refractivity contribution >= 4 is 51.7 Å². The summed E-state index contributed by atoms with van der Waals surface area (Å²) in [4.78, 5) is 0.757. The number of methoxy groups -OCH3 is 1. The first-order chi connectivity index (χ1) is 13.1. The molecule has 0 saturated heterocycles. The second-order valence-electron chi connectivity index (χ2n) is 5.78. The maximum absolute atomic E-state index is 6.05. The van der Waals surface area contributed by atoms with Gasteiger partial charge in [-0.15, -0.1) is 10.2 Å². The van der Waals surface area contributed by atoms with Crippen LogP contribution in [0.4, 0.5) is 0 Å². The predicted octanol–water partition coefficient (Wildman–Crippen LogP) is 5.26. The minimum atomic E-state index is 0.527. The van der Waals surface area contributed by atoms with Crippen LogP contribution < -0.4 is 4.74 Å². The van der Waals surface area contributed by atoms with E-state index in [2.05, 4.69) is 15.3 Å². The van der Waals surface area contributed by atoms with Crippen molar-refractivity contribution < 1.29 is 4.74 Å². The maximum Gasteiger partial charge on any atom is 0.234 e. The molecule has 0 aliphatic heterocycles. The van der Waals surface area contributed by atoms with Crippen molar-refractivity contribution in [3.05, 3.63) is 74.5 Å². The minimum absolute atomic E-state index is 0.527. The van der Waals surface area contributed by atoms with Crippen molar-refractivity contribution in [3.63, 3.8) is 0 Å². The number of hydrogen-bond acceptors (Lipinski definition) is 5. The van der Waals surface area contributed by atoms with Gasteiger partial charge in [0.1, 0.15) is 10.8 Å². The van der Waals surface area contributed by atoms with E-state index < -0.39 is 0 Å². The van der Waals surface area contributed by atoms with Gasteiger partial charge in [-0.05, 0) is 41.5 Å². The lowest BCUT2D eigenvalue weighted by atomic mass is 10.1. The quantitative estimate of drug-likeness (QED) is 0.444. The Bertz CT molecular complexity index is 1120. The van der Waals surface area contributed by atoms with E-state index in [1.807, 2.05) is 48.6 Å². The fourth-order valence-corrected chi connectivity index (χ4v) is 3.63. The molecule has 8 heteroatoms. The number of halogens is 2. The first-order valence-corrected chi connectivity index (χ1v) is 9.67. The summed E-state index contributed by atoms with van der Waals surface area (Å²) in [7, 11) is 1.65. The Balaban J connectivity index is 1.55. The molecule has 2 heterocycles. The van der Waals surface area contributed by atoms with Crippen molar-refractivity contribution in [2.45, 2.75) is 6.42 Å². The summed E-state index contributed by atoms with van der Waals surface area (Å²) in [5.74, 6) is 1.62. The van der Waals surface area contributed by atoms with E-state index in [0.29, 0.717) is 16.5 Å². The molecule has 2 aromatic carbocycles. The van der Waals surface area contributed by atoms with Crippen LogP contribution in [-0.4, -0.2) is 26.9 Å². The zero-order chi connectivity index (χ0) is 18.8. The van der Waals surface area contributed by atoms with Crippen molar-refractivity contribution in [3.8, 4) is 5.75 Å². The molecule has 0 aliphatic rings. The van der Waals surface area contributed by atoms with Gasteiger partial charge < -0.3 is 4.74 Å². The molecule has 0 aliphatic carbocycles. The summed E-state index contributed by atoms with van der Waals surface area (Å²) in [6.45, 7) is 0. The van der Waals surface area contributed by atoms with Crippen molar-refractivity contribution in [1.82, 2.24) is 19.8 Å². The average Bonchev–Trinajstić information content (AvgIpc) is 3.25. The molecule has 0 unspecified atom stereocenters. The van der Waals surface area contributed by atoms with Gasteiger partial charge in [0.25, 0.3) is 0 Å². The second kappa shape index (κ2) is 7.68. The summed E-state index contributed by atoms with van der Waals surface area (Å²) < 4.78 is 6.97. The summed E-state index contributed by atoms with van der Waals surface area (Å²) in [5.41, 5.74) is 2.07. The van der Waals surface area contributed by atoms with E-state index in [1.165, 1.54) is 11.3 Å². The smallest absolute Gasteiger partial charge is 0.234 e. The molecule has 136 valence electrons. The van der Waals surface area contributed by atoms with Gasteiger partial charge in [-0.25, -0.2) is 0 Å². The van der Waals surface area contributed by atoms with E-state index >= 15 is 0 Å². The third-order valence-electron chi connectivity index (χ3n) is 3.95. The molecular weight excluding hydrogens is 403 g/mol. The molecule has 0 bridgehead atoms. The molecule has 2 aromatic heterocycles. The standard InChI is InChI=1S/C19H14Cl2N4OS/c1-26-14-6-2-13(3-7-14)11-17-22-23-19-25(17)24-18(27-19)9-5-12-4-8-15(20)16(21)10-12/h2-10H,11H2,1H3/b9-5+. The Labute approximate surface area is 169 Å².